The number of halogens is 1. The molecule has 0 aliphatic carbocycles. The molecule has 2 aromatic rings. The van der Waals surface area contributed by atoms with E-state index in [1.165, 1.54) is 5.56 Å². The van der Waals surface area contributed by atoms with Crippen LogP contribution in [0.15, 0.2) is 29.1 Å². The molecule has 0 fully saturated rings. The van der Waals surface area contributed by atoms with Crippen LogP contribution in [0, 0.1) is 0 Å². The number of ether oxygens (including phenoxy) is 1. The molecular weight excluding hydrogens is 280 g/mol. The zero-order valence-electron chi connectivity index (χ0n) is 10.9. The molecule has 0 spiro atoms. The van der Waals surface area contributed by atoms with Crippen molar-refractivity contribution in [2.75, 3.05) is 6.54 Å². The van der Waals surface area contributed by atoms with Crippen LogP contribution in [0.2, 0.25) is 5.02 Å². The molecule has 1 N–H and O–H groups in total. The van der Waals surface area contributed by atoms with Crippen LogP contribution in [-0.2, 0) is 13.2 Å². The first-order valence-electron chi connectivity index (χ1n) is 6.28. The smallest absolute Gasteiger partial charge is 0.138 e. The van der Waals surface area contributed by atoms with E-state index in [-0.39, 0.29) is 0 Å². The van der Waals surface area contributed by atoms with Gasteiger partial charge in [-0.3, -0.25) is 0 Å². The average Bonchev–Trinajstić information content (AvgIpc) is 2.91. The van der Waals surface area contributed by atoms with Crippen molar-refractivity contribution in [2.45, 2.75) is 26.5 Å². The number of nitrogens with zero attached hydrogens (tertiary/aromatic N) is 1. The van der Waals surface area contributed by atoms with Gasteiger partial charge in [0.1, 0.15) is 12.4 Å². The van der Waals surface area contributed by atoms with Crippen LogP contribution in [0.5, 0.6) is 5.75 Å². The second kappa shape index (κ2) is 7.48. The summed E-state index contributed by atoms with van der Waals surface area (Å²) in [5.74, 6) is 0.703. The number of nitrogens with one attached hydrogen (secondary N) is 1. The summed E-state index contributed by atoms with van der Waals surface area (Å²) in [5, 5.41) is 5.96. The van der Waals surface area contributed by atoms with Gasteiger partial charge in [-0.2, -0.15) is 0 Å². The summed E-state index contributed by atoms with van der Waals surface area (Å²) in [6, 6.07) is 5.89. The summed E-state index contributed by atoms with van der Waals surface area (Å²) < 4.78 is 5.65. The molecule has 0 aliphatic heterocycles. The number of rotatable bonds is 7. The fraction of sp³-hybridized carbons (Fsp3) is 0.357. The van der Waals surface area contributed by atoms with E-state index in [2.05, 4.69) is 17.2 Å². The first-order chi connectivity index (χ1) is 9.29. The molecule has 3 nitrogen and oxygen atoms in total. The van der Waals surface area contributed by atoms with Gasteiger partial charge in [-0.15, -0.1) is 11.3 Å². The lowest BCUT2D eigenvalue weighted by atomic mass is 10.2. The molecule has 19 heavy (non-hydrogen) atoms. The summed E-state index contributed by atoms with van der Waals surface area (Å²) >= 11 is 7.77. The molecule has 0 saturated heterocycles. The second-order valence-corrected chi connectivity index (χ2v) is 5.34. The number of aromatic nitrogens is 1. The van der Waals surface area contributed by atoms with Crippen LogP contribution in [0.3, 0.4) is 0 Å². The zero-order chi connectivity index (χ0) is 13.5. The monoisotopic (exact) mass is 296 g/mol. The van der Waals surface area contributed by atoms with Crippen molar-refractivity contribution in [1.82, 2.24) is 10.3 Å². The Balaban J connectivity index is 1.91. The third-order valence-corrected chi connectivity index (χ3v) is 3.54. The maximum absolute atomic E-state index is 6.21. The van der Waals surface area contributed by atoms with E-state index in [0.717, 1.165) is 25.2 Å². The van der Waals surface area contributed by atoms with Crippen LogP contribution in [0.4, 0.5) is 0 Å². The van der Waals surface area contributed by atoms with Crippen molar-refractivity contribution in [3.8, 4) is 5.75 Å². The van der Waals surface area contributed by atoms with Gasteiger partial charge in [-0.1, -0.05) is 24.6 Å². The van der Waals surface area contributed by atoms with E-state index in [4.69, 9.17) is 16.3 Å². The molecule has 0 atom stereocenters. The number of hydrogen-bond acceptors (Lipinski definition) is 4. The lowest BCUT2D eigenvalue weighted by molar-refractivity contribution is 0.302. The summed E-state index contributed by atoms with van der Waals surface area (Å²) in [6.07, 6.45) is 1.13. The maximum atomic E-state index is 6.21. The third kappa shape index (κ3) is 4.49. The van der Waals surface area contributed by atoms with Crippen LogP contribution in [0.1, 0.15) is 24.6 Å². The van der Waals surface area contributed by atoms with E-state index < -0.39 is 0 Å². The van der Waals surface area contributed by atoms with Gasteiger partial charge in [-0.05, 0) is 30.7 Å². The number of hydrogen-bond donors (Lipinski definition) is 1. The molecule has 0 amide bonds. The van der Waals surface area contributed by atoms with E-state index in [1.807, 2.05) is 23.6 Å². The largest absolute Gasteiger partial charge is 0.486 e. The van der Waals surface area contributed by atoms with Gasteiger partial charge in [0.25, 0.3) is 0 Å². The third-order valence-electron chi connectivity index (χ3n) is 2.61. The number of benzene rings is 1. The van der Waals surface area contributed by atoms with E-state index in [9.17, 15) is 0 Å². The average molecular weight is 297 g/mol. The summed E-state index contributed by atoms with van der Waals surface area (Å²) in [7, 11) is 0. The highest BCUT2D eigenvalue weighted by Crippen LogP contribution is 2.26. The molecule has 0 radical (unpaired) electrons. The molecule has 1 heterocycles. The molecule has 0 unspecified atom stereocenters. The lowest BCUT2D eigenvalue weighted by Gasteiger charge is -2.09. The minimum absolute atomic E-state index is 0.455. The summed E-state index contributed by atoms with van der Waals surface area (Å²) in [4.78, 5) is 4.17. The normalized spacial score (nSPS) is 10.6. The molecule has 0 bridgehead atoms. The van der Waals surface area contributed by atoms with E-state index >= 15 is 0 Å². The Labute approximate surface area is 122 Å². The predicted octanol–water partition coefficient (Wildman–Crippen LogP) is 3.88. The van der Waals surface area contributed by atoms with Crippen LogP contribution in [0.25, 0.3) is 0 Å². The van der Waals surface area contributed by atoms with Crippen molar-refractivity contribution in [1.29, 1.82) is 0 Å². The zero-order valence-corrected chi connectivity index (χ0v) is 12.4. The van der Waals surface area contributed by atoms with Crippen molar-refractivity contribution < 1.29 is 4.74 Å². The van der Waals surface area contributed by atoms with Crippen molar-refractivity contribution in [2.24, 2.45) is 0 Å². The van der Waals surface area contributed by atoms with Crippen molar-refractivity contribution in [3.05, 3.63) is 45.4 Å². The van der Waals surface area contributed by atoms with Gasteiger partial charge in [-0.25, -0.2) is 4.98 Å². The minimum Gasteiger partial charge on any atom is -0.486 e. The highest BCUT2D eigenvalue weighted by Gasteiger charge is 2.04. The van der Waals surface area contributed by atoms with E-state index in [0.29, 0.717) is 17.4 Å². The predicted molar refractivity (Wildman–Crippen MR) is 79.9 cm³/mol. The Bertz CT molecular complexity index is 502. The molecule has 1 aromatic carbocycles. The molecule has 2 rings (SSSR count). The highest BCUT2D eigenvalue weighted by molar-refractivity contribution is 7.07. The van der Waals surface area contributed by atoms with Crippen LogP contribution >= 0.6 is 22.9 Å². The van der Waals surface area contributed by atoms with Crippen LogP contribution < -0.4 is 10.1 Å². The summed E-state index contributed by atoms with van der Waals surface area (Å²) in [5.41, 5.74) is 3.89. The molecular formula is C14H17ClN2OS. The van der Waals surface area contributed by atoms with Crippen molar-refractivity contribution >= 4 is 22.9 Å². The fourth-order valence-electron chi connectivity index (χ4n) is 1.64. The van der Waals surface area contributed by atoms with Gasteiger partial charge in [0.05, 0.1) is 16.2 Å². The highest BCUT2D eigenvalue weighted by atomic mass is 35.5. The van der Waals surface area contributed by atoms with Crippen molar-refractivity contribution in [3.63, 3.8) is 0 Å². The Kier molecular flexibility index (Phi) is 5.63. The Morgan fingerprint density at radius 2 is 2.32 bits per heavy atom. The lowest BCUT2D eigenvalue weighted by Crippen LogP contribution is -2.13. The minimum atomic E-state index is 0.455. The topological polar surface area (TPSA) is 34.1 Å². The molecule has 102 valence electrons. The quantitative estimate of drug-likeness (QED) is 0.788. The Morgan fingerprint density at radius 1 is 1.42 bits per heavy atom. The molecule has 0 saturated carbocycles. The van der Waals surface area contributed by atoms with Gasteiger partial charge in [0, 0.05) is 11.9 Å². The first-order valence-corrected chi connectivity index (χ1v) is 7.60. The van der Waals surface area contributed by atoms with Gasteiger partial charge < -0.3 is 10.1 Å². The van der Waals surface area contributed by atoms with Gasteiger partial charge in [0.15, 0.2) is 0 Å². The molecule has 5 heteroatoms. The maximum Gasteiger partial charge on any atom is 0.138 e. The summed E-state index contributed by atoms with van der Waals surface area (Å²) in [6.45, 7) is 4.45. The molecule has 1 aromatic heterocycles. The Hall–Kier alpha value is -1.10. The van der Waals surface area contributed by atoms with Gasteiger partial charge in [0.2, 0.25) is 0 Å². The van der Waals surface area contributed by atoms with E-state index in [1.54, 1.807) is 16.8 Å². The standard InChI is InChI=1S/C14H17ClN2OS/c1-2-5-16-7-11-3-4-14(13(15)6-11)18-8-12-9-19-10-17-12/h3-4,6,9-10,16H,2,5,7-8H2,1H3. The fourth-order valence-corrected chi connectivity index (χ4v) is 2.44. The Morgan fingerprint density at radius 3 is 3.00 bits per heavy atom. The number of thiazole rings is 1. The van der Waals surface area contributed by atoms with Crippen LogP contribution in [-0.4, -0.2) is 11.5 Å². The molecule has 0 aliphatic rings. The second-order valence-electron chi connectivity index (χ2n) is 4.21. The van der Waals surface area contributed by atoms with Gasteiger partial charge >= 0.3 is 0 Å². The SMILES string of the molecule is CCCNCc1ccc(OCc2cscn2)c(Cl)c1. The first kappa shape index (κ1) is 14.3.